The van der Waals surface area contributed by atoms with Crippen molar-refractivity contribution in [3.8, 4) is 5.75 Å². The Morgan fingerprint density at radius 1 is 1.22 bits per heavy atom. The van der Waals surface area contributed by atoms with E-state index in [1.54, 1.807) is 0 Å². The Balaban J connectivity index is 1.76. The van der Waals surface area contributed by atoms with E-state index in [4.69, 9.17) is 4.74 Å². The summed E-state index contributed by atoms with van der Waals surface area (Å²) in [6.45, 7) is 9.87. The van der Waals surface area contributed by atoms with Gasteiger partial charge in [0.25, 0.3) is 0 Å². The van der Waals surface area contributed by atoms with Crippen molar-refractivity contribution in [3.05, 3.63) is 24.3 Å². The Labute approximate surface area is 139 Å². The molecule has 0 spiro atoms. The van der Waals surface area contributed by atoms with Crippen LogP contribution in [0.1, 0.15) is 26.7 Å². The zero-order valence-corrected chi connectivity index (χ0v) is 14.3. The molecule has 1 saturated heterocycles. The van der Waals surface area contributed by atoms with E-state index in [1.165, 1.54) is 0 Å². The summed E-state index contributed by atoms with van der Waals surface area (Å²) < 4.78 is 5.75. The maximum atomic E-state index is 12.2. The number of hydrogen-bond donors (Lipinski definition) is 2. The molecular weight excluding hydrogens is 290 g/mol. The van der Waals surface area contributed by atoms with Gasteiger partial charge in [-0.2, -0.15) is 0 Å². The number of hydrogen-bond acceptors (Lipinski definition) is 4. The molecule has 2 N–H and O–H groups in total. The van der Waals surface area contributed by atoms with Gasteiger partial charge in [0.2, 0.25) is 5.91 Å². The summed E-state index contributed by atoms with van der Waals surface area (Å²) in [6.07, 6.45) is 1.83. The second kappa shape index (κ2) is 9.53. The quantitative estimate of drug-likeness (QED) is 0.772. The summed E-state index contributed by atoms with van der Waals surface area (Å²) >= 11 is 0. The molecule has 1 aromatic rings. The molecule has 2 rings (SSSR count). The molecule has 1 aliphatic rings. The number of ether oxygens (including phenoxy) is 1. The third kappa shape index (κ3) is 5.84. The van der Waals surface area contributed by atoms with Gasteiger partial charge in [-0.25, -0.2) is 0 Å². The molecule has 23 heavy (non-hydrogen) atoms. The highest BCUT2D eigenvalue weighted by atomic mass is 16.5. The molecular formula is C18H29N3O2. The van der Waals surface area contributed by atoms with Gasteiger partial charge in [0.15, 0.2) is 0 Å². The second-order valence-corrected chi connectivity index (χ2v) is 5.91. The fourth-order valence-electron chi connectivity index (χ4n) is 2.80. The van der Waals surface area contributed by atoms with Crippen LogP contribution in [0.4, 0.5) is 5.69 Å². The molecule has 5 heteroatoms. The molecule has 0 aliphatic carbocycles. The SMILES string of the molecule is CCN(CC)CCOc1ccc(NC(=O)C2CCNCC2)cc1. The van der Waals surface area contributed by atoms with Crippen molar-refractivity contribution in [2.24, 2.45) is 5.92 Å². The number of carbonyl (C=O) groups is 1. The molecule has 1 fully saturated rings. The van der Waals surface area contributed by atoms with Gasteiger partial charge in [-0.05, 0) is 63.3 Å². The maximum Gasteiger partial charge on any atom is 0.227 e. The number of carbonyl (C=O) groups excluding carboxylic acids is 1. The summed E-state index contributed by atoms with van der Waals surface area (Å²) in [5.41, 5.74) is 0.838. The van der Waals surface area contributed by atoms with Crippen LogP contribution < -0.4 is 15.4 Å². The monoisotopic (exact) mass is 319 g/mol. The molecule has 0 aromatic heterocycles. The molecule has 1 aliphatic heterocycles. The van der Waals surface area contributed by atoms with E-state index < -0.39 is 0 Å². The van der Waals surface area contributed by atoms with Gasteiger partial charge >= 0.3 is 0 Å². The first-order valence-electron chi connectivity index (χ1n) is 8.69. The lowest BCUT2D eigenvalue weighted by molar-refractivity contribution is -0.120. The van der Waals surface area contributed by atoms with Crippen molar-refractivity contribution >= 4 is 11.6 Å². The standard InChI is InChI=1S/C18H29N3O2/c1-3-21(4-2)13-14-23-17-7-5-16(6-8-17)20-18(22)15-9-11-19-12-10-15/h5-8,15,19H,3-4,9-14H2,1-2H3,(H,20,22). The molecule has 1 aromatic carbocycles. The Morgan fingerprint density at radius 2 is 1.87 bits per heavy atom. The third-order valence-electron chi connectivity index (χ3n) is 4.40. The van der Waals surface area contributed by atoms with Crippen LogP contribution in [0.15, 0.2) is 24.3 Å². The van der Waals surface area contributed by atoms with Crippen molar-refractivity contribution in [2.75, 3.05) is 44.6 Å². The van der Waals surface area contributed by atoms with Crippen LogP contribution in [0.3, 0.4) is 0 Å². The van der Waals surface area contributed by atoms with Crippen LogP contribution in [0, 0.1) is 5.92 Å². The summed E-state index contributed by atoms with van der Waals surface area (Å²) in [4.78, 5) is 14.5. The number of anilines is 1. The second-order valence-electron chi connectivity index (χ2n) is 5.91. The molecule has 0 radical (unpaired) electrons. The van der Waals surface area contributed by atoms with E-state index >= 15 is 0 Å². The molecule has 1 heterocycles. The average molecular weight is 319 g/mol. The van der Waals surface area contributed by atoms with Crippen LogP contribution in [0.2, 0.25) is 0 Å². The summed E-state index contributed by atoms with van der Waals surface area (Å²) in [7, 11) is 0. The zero-order chi connectivity index (χ0) is 16.5. The third-order valence-corrected chi connectivity index (χ3v) is 4.40. The topological polar surface area (TPSA) is 53.6 Å². The zero-order valence-electron chi connectivity index (χ0n) is 14.3. The van der Waals surface area contributed by atoms with Crippen molar-refractivity contribution in [1.82, 2.24) is 10.2 Å². The van der Waals surface area contributed by atoms with Crippen molar-refractivity contribution in [2.45, 2.75) is 26.7 Å². The summed E-state index contributed by atoms with van der Waals surface area (Å²) in [6, 6.07) is 7.65. The average Bonchev–Trinajstić information content (AvgIpc) is 2.61. The van der Waals surface area contributed by atoms with Gasteiger partial charge in [-0.1, -0.05) is 13.8 Å². The van der Waals surface area contributed by atoms with E-state index in [0.29, 0.717) is 6.61 Å². The van der Waals surface area contributed by atoms with Gasteiger partial charge in [0.05, 0.1) is 0 Å². The molecule has 5 nitrogen and oxygen atoms in total. The minimum atomic E-state index is 0.126. The lowest BCUT2D eigenvalue weighted by Crippen LogP contribution is -2.34. The van der Waals surface area contributed by atoms with Crippen molar-refractivity contribution < 1.29 is 9.53 Å². The van der Waals surface area contributed by atoms with Gasteiger partial charge in [0, 0.05) is 18.2 Å². The number of nitrogens with one attached hydrogen (secondary N) is 2. The van der Waals surface area contributed by atoms with Gasteiger partial charge in [0.1, 0.15) is 12.4 Å². The van der Waals surface area contributed by atoms with E-state index in [0.717, 1.165) is 57.0 Å². The number of benzene rings is 1. The highest BCUT2D eigenvalue weighted by molar-refractivity contribution is 5.92. The largest absolute Gasteiger partial charge is 0.492 e. The Hall–Kier alpha value is -1.59. The maximum absolute atomic E-state index is 12.2. The number of amides is 1. The van der Waals surface area contributed by atoms with E-state index in [-0.39, 0.29) is 11.8 Å². The number of nitrogens with zero attached hydrogens (tertiary/aromatic N) is 1. The molecule has 128 valence electrons. The van der Waals surface area contributed by atoms with Gasteiger partial charge in [-0.3, -0.25) is 4.79 Å². The lowest BCUT2D eigenvalue weighted by Gasteiger charge is -2.21. The molecule has 0 bridgehead atoms. The van der Waals surface area contributed by atoms with Crippen LogP contribution in [-0.2, 0) is 4.79 Å². The van der Waals surface area contributed by atoms with Crippen LogP contribution in [0.5, 0.6) is 5.75 Å². The van der Waals surface area contributed by atoms with Crippen molar-refractivity contribution in [3.63, 3.8) is 0 Å². The number of piperidine rings is 1. The highest BCUT2D eigenvalue weighted by Crippen LogP contribution is 2.18. The smallest absolute Gasteiger partial charge is 0.227 e. The highest BCUT2D eigenvalue weighted by Gasteiger charge is 2.20. The fourth-order valence-corrected chi connectivity index (χ4v) is 2.80. The lowest BCUT2D eigenvalue weighted by atomic mass is 9.97. The molecule has 0 atom stereocenters. The predicted molar refractivity (Wildman–Crippen MR) is 93.9 cm³/mol. The minimum absolute atomic E-state index is 0.126. The minimum Gasteiger partial charge on any atom is -0.492 e. The van der Waals surface area contributed by atoms with Gasteiger partial charge < -0.3 is 20.3 Å². The first kappa shape index (κ1) is 17.8. The van der Waals surface area contributed by atoms with Crippen LogP contribution in [-0.4, -0.2) is 50.1 Å². The number of likely N-dealkylation sites (N-methyl/N-ethyl adjacent to an activating group) is 1. The fraction of sp³-hybridized carbons (Fsp3) is 0.611. The summed E-state index contributed by atoms with van der Waals surface area (Å²) in [5, 5.41) is 6.28. The van der Waals surface area contributed by atoms with Crippen molar-refractivity contribution in [1.29, 1.82) is 0 Å². The molecule has 1 amide bonds. The predicted octanol–water partition coefficient (Wildman–Crippen LogP) is 2.35. The molecule has 0 saturated carbocycles. The molecule has 0 unspecified atom stereocenters. The Kier molecular flexibility index (Phi) is 7.36. The van der Waals surface area contributed by atoms with Crippen LogP contribution in [0.25, 0.3) is 0 Å². The first-order chi connectivity index (χ1) is 11.2. The normalized spacial score (nSPS) is 15.6. The van der Waals surface area contributed by atoms with Crippen LogP contribution >= 0.6 is 0 Å². The Bertz CT molecular complexity index is 466. The van der Waals surface area contributed by atoms with E-state index in [9.17, 15) is 4.79 Å². The Morgan fingerprint density at radius 3 is 2.48 bits per heavy atom. The van der Waals surface area contributed by atoms with Gasteiger partial charge in [-0.15, -0.1) is 0 Å². The first-order valence-corrected chi connectivity index (χ1v) is 8.69. The van der Waals surface area contributed by atoms with E-state index in [2.05, 4.69) is 29.4 Å². The summed E-state index contributed by atoms with van der Waals surface area (Å²) in [5.74, 6) is 1.10. The number of rotatable bonds is 8. The van der Waals surface area contributed by atoms with E-state index in [1.807, 2.05) is 24.3 Å².